The number of amides is 2. The molecule has 0 atom stereocenters. The fraction of sp³-hybridized carbons (Fsp3) is 0.235. The molecule has 2 aromatic heterocycles. The molecule has 27 heavy (non-hydrogen) atoms. The summed E-state index contributed by atoms with van der Waals surface area (Å²) in [5.41, 5.74) is 1.36. The minimum absolute atomic E-state index is 0.0400. The number of carbonyl (C=O) groups excluding carboxylic acids is 1. The largest absolute Gasteiger partial charge is 0.321 e. The summed E-state index contributed by atoms with van der Waals surface area (Å²) in [6.45, 7) is -1.03. The fourth-order valence-corrected chi connectivity index (χ4v) is 2.46. The van der Waals surface area contributed by atoms with Crippen molar-refractivity contribution in [3.05, 3.63) is 60.2 Å². The van der Waals surface area contributed by atoms with Crippen LogP contribution in [0.3, 0.4) is 0 Å². The lowest BCUT2D eigenvalue weighted by Crippen LogP contribution is -2.32. The first-order valence-electron chi connectivity index (χ1n) is 7.98. The molecular weight excluding hydrogens is 361 g/mol. The maximum atomic E-state index is 14.3. The molecule has 1 aromatic carbocycles. The molecule has 0 aliphatic heterocycles. The summed E-state index contributed by atoms with van der Waals surface area (Å²) in [5.74, 6) is -0.523. The number of anilines is 1. The number of aryl methyl sites for hydroxylation is 1. The van der Waals surface area contributed by atoms with Crippen LogP contribution in [-0.4, -0.2) is 37.3 Å². The number of nitrogens with zero attached hydrogens (tertiary/aromatic N) is 5. The minimum Gasteiger partial charge on any atom is -0.320 e. The number of carbonyl (C=O) groups is 1. The van der Waals surface area contributed by atoms with Gasteiger partial charge in [0.1, 0.15) is 11.5 Å². The molecule has 0 radical (unpaired) electrons. The lowest BCUT2D eigenvalue weighted by molar-refractivity contribution is 0.0652. The first kappa shape index (κ1) is 18.5. The molecule has 0 spiro atoms. The third-order valence-corrected chi connectivity index (χ3v) is 3.84. The number of hydrogen-bond acceptors (Lipinski definition) is 3. The van der Waals surface area contributed by atoms with Gasteiger partial charge in [0, 0.05) is 31.3 Å². The summed E-state index contributed by atoms with van der Waals surface area (Å²) in [6, 6.07) is 3.60. The van der Waals surface area contributed by atoms with Crippen LogP contribution in [0.25, 0.3) is 5.69 Å². The zero-order chi connectivity index (χ0) is 19.6. The van der Waals surface area contributed by atoms with Gasteiger partial charge in [-0.1, -0.05) is 0 Å². The van der Waals surface area contributed by atoms with Gasteiger partial charge in [-0.2, -0.15) is 13.9 Å². The molecule has 0 aliphatic rings. The van der Waals surface area contributed by atoms with Gasteiger partial charge < -0.3 is 10.2 Å². The highest BCUT2D eigenvalue weighted by atomic mass is 19.3. The lowest BCUT2D eigenvalue weighted by Gasteiger charge is -2.18. The number of imidazole rings is 1. The summed E-state index contributed by atoms with van der Waals surface area (Å²) >= 11 is 0. The Morgan fingerprint density at radius 1 is 1.37 bits per heavy atom. The molecule has 0 fully saturated rings. The molecule has 0 aliphatic carbocycles. The van der Waals surface area contributed by atoms with E-state index in [0.717, 1.165) is 17.8 Å². The topological polar surface area (TPSA) is 68.0 Å². The van der Waals surface area contributed by atoms with Gasteiger partial charge in [0.2, 0.25) is 0 Å². The van der Waals surface area contributed by atoms with Crippen molar-refractivity contribution in [3.8, 4) is 5.69 Å². The molecule has 142 valence electrons. The highest BCUT2D eigenvalue weighted by Crippen LogP contribution is 2.19. The van der Waals surface area contributed by atoms with E-state index >= 15 is 0 Å². The summed E-state index contributed by atoms with van der Waals surface area (Å²) in [7, 11) is 1.43. The van der Waals surface area contributed by atoms with Gasteiger partial charge in [-0.25, -0.2) is 18.9 Å². The smallest absolute Gasteiger partial charge is 0.320 e. The Labute approximate surface area is 153 Å². The second-order valence-corrected chi connectivity index (χ2v) is 5.94. The molecular formula is C17H17F3N6O. The van der Waals surface area contributed by atoms with E-state index in [9.17, 15) is 18.0 Å². The standard InChI is InChI=1S/C17H17F3N6O/c1-11-8-22-26(9-11)14-4-3-12(7-13(14)18)23-17(27)24(2)10-15-21-5-6-25(15)16(19)20/h3-9,16H,10H2,1-2H3,(H,23,27). The van der Waals surface area contributed by atoms with Gasteiger partial charge in [-0.15, -0.1) is 0 Å². The monoisotopic (exact) mass is 378 g/mol. The number of rotatable bonds is 5. The first-order chi connectivity index (χ1) is 12.8. The van der Waals surface area contributed by atoms with Crippen LogP contribution >= 0.6 is 0 Å². The Kier molecular flexibility index (Phi) is 5.15. The molecule has 2 heterocycles. The number of nitrogens with one attached hydrogen (secondary N) is 1. The van der Waals surface area contributed by atoms with Crippen LogP contribution in [0.15, 0.2) is 43.0 Å². The minimum atomic E-state index is -2.74. The van der Waals surface area contributed by atoms with E-state index in [0.29, 0.717) is 4.57 Å². The molecule has 7 nitrogen and oxygen atoms in total. The zero-order valence-electron chi connectivity index (χ0n) is 14.6. The second-order valence-electron chi connectivity index (χ2n) is 5.94. The Hall–Kier alpha value is -3.30. The maximum absolute atomic E-state index is 14.3. The Morgan fingerprint density at radius 2 is 2.15 bits per heavy atom. The van der Waals surface area contributed by atoms with E-state index in [1.165, 1.54) is 35.0 Å². The Bertz CT molecular complexity index is 952. The maximum Gasteiger partial charge on any atom is 0.321 e. The molecule has 1 N–H and O–H groups in total. The summed E-state index contributed by atoms with van der Waals surface area (Å²) < 4.78 is 42.1. The predicted octanol–water partition coefficient (Wildman–Crippen LogP) is 3.58. The van der Waals surface area contributed by atoms with Gasteiger partial charge in [0.15, 0.2) is 5.82 Å². The fourth-order valence-electron chi connectivity index (χ4n) is 2.46. The molecule has 0 unspecified atom stereocenters. The van der Waals surface area contributed by atoms with E-state index in [-0.39, 0.29) is 23.7 Å². The second kappa shape index (κ2) is 7.52. The van der Waals surface area contributed by atoms with Crippen molar-refractivity contribution in [2.24, 2.45) is 0 Å². The van der Waals surface area contributed by atoms with Crippen molar-refractivity contribution in [1.29, 1.82) is 0 Å². The summed E-state index contributed by atoms with van der Waals surface area (Å²) in [4.78, 5) is 17.2. The molecule has 0 bridgehead atoms. The molecule has 2 amide bonds. The highest BCUT2D eigenvalue weighted by Gasteiger charge is 2.17. The lowest BCUT2D eigenvalue weighted by atomic mass is 10.2. The average Bonchev–Trinajstić information content (AvgIpc) is 3.24. The van der Waals surface area contributed by atoms with Crippen molar-refractivity contribution in [2.75, 3.05) is 12.4 Å². The molecule has 0 saturated heterocycles. The number of urea groups is 1. The number of hydrogen-bond donors (Lipinski definition) is 1. The van der Waals surface area contributed by atoms with Crippen LogP contribution in [0.2, 0.25) is 0 Å². The number of alkyl halides is 2. The van der Waals surface area contributed by atoms with Crippen LogP contribution in [0.4, 0.5) is 23.7 Å². The van der Waals surface area contributed by atoms with Crippen molar-refractivity contribution >= 4 is 11.7 Å². The quantitative estimate of drug-likeness (QED) is 0.738. The number of benzene rings is 1. The van der Waals surface area contributed by atoms with E-state index in [4.69, 9.17) is 0 Å². The third-order valence-electron chi connectivity index (χ3n) is 3.84. The average molecular weight is 378 g/mol. The van der Waals surface area contributed by atoms with Gasteiger partial charge >= 0.3 is 12.6 Å². The zero-order valence-corrected chi connectivity index (χ0v) is 14.6. The summed E-state index contributed by atoms with van der Waals surface area (Å²) in [6.07, 6.45) is 5.65. The van der Waals surface area contributed by atoms with Crippen LogP contribution in [0, 0.1) is 12.7 Å². The van der Waals surface area contributed by atoms with Crippen LogP contribution in [0.5, 0.6) is 0 Å². The third kappa shape index (κ3) is 4.10. The van der Waals surface area contributed by atoms with Crippen LogP contribution in [0.1, 0.15) is 17.9 Å². The Balaban J connectivity index is 1.68. The molecule has 10 heteroatoms. The number of halogens is 3. The summed E-state index contributed by atoms with van der Waals surface area (Å²) in [5, 5.41) is 6.56. The number of aromatic nitrogens is 4. The molecule has 3 rings (SSSR count). The van der Waals surface area contributed by atoms with Gasteiger partial charge in [-0.3, -0.25) is 4.57 Å². The van der Waals surface area contributed by atoms with Crippen LogP contribution in [-0.2, 0) is 6.54 Å². The van der Waals surface area contributed by atoms with Crippen molar-refractivity contribution in [1.82, 2.24) is 24.2 Å². The predicted molar refractivity (Wildman–Crippen MR) is 92.2 cm³/mol. The van der Waals surface area contributed by atoms with Gasteiger partial charge in [0.05, 0.1) is 12.7 Å². The van der Waals surface area contributed by atoms with Crippen molar-refractivity contribution in [2.45, 2.75) is 20.0 Å². The van der Waals surface area contributed by atoms with Crippen LogP contribution < -0.4 is 5.32 Å². The van der Waals surface area contributed by atoms with E-state index in [2.05, 4.69) is 15.4 Å². The van der Waals surface area contributed by atoms with Gasteiger partial charge in [-0.05, 0) is 30.7 Å². The highest BCUT2D eigenvalue weighted by molar-refractivity contribution is 5.89. The van der Waals surface area contributed by atoms with E-state index in [1.54, 1.807) is 12.4 Å². The Morgan fingerprint density at radius 3 is 2.78 bits per heavy atom. The van der Waals surface area contributed by atoms with E-state index in [1.807, 2.05) is 6.92 Å². The molecule has 3 aromatic rings. The SMILES string of the molecule is Cc1cnn(-c2ccc(NC(=O)N(C)Cc3nccn3C(F)F)cc2F)c1. The normalized spacial score (nSPS) is 11.0. The molecule has 0 saturated carbocycles. The van der Waals surface area contributed by atoms with Gasteiger partial charge in [0.25, 0.3) is 0 Å². The van der Waals surface area contributed by atoms with Crippen molar-refractivity contribution < 1.29 is 18.0 Å². The first-order valence-corrected chi connectivity index (χ1v) is 7.98. The van der Waals surface area contributed by atoms with Crippen molar-refractivity contribution in [3.63, 3.8) is 0 Å². The van der Waals surface area contributed by atoms with E-state index < -0.39 is 18.4 Å².